The number of imide groups is 1. The lowest BCUT2D eigenvalue weighted by atomic mass is 10.1. The van der Waals surface area contributed by atoms with Gasteiger partial charge in [0, 0.05) is 13.5 Å². The van der Waals surface area contributed by atoms with Crippen LogP contribution < -0.4 is 9.64 Å². The topological polar surface area (TPSA) is 84.0 Å². The van der Waals surface area contributed by atoms with Gasteiger partial charge >= 0.3 is 5.97 Å². The average Bonchev–Trinajstić information content (AvgIpc) is 3.42. The zero-order chi connectivity index (χ0) is 23.5. The van der Waals surface area contributed by atoms with Gasteiger partial charge in [0.1, 0.15) is 17.6 Å². The fraction of sp³-hybridized carbons (Fsp3) is 0.167. The fourth-order valence-corrected chi connectivity index (χ4v) is 4.29. The minimum atomic E-state index is -1.01. The van der Waals surface area contributed by atoms with E-state index in [1.165, 1.54) is 71.7 Å². The Morgan fingerprint density at radius 3 is 2.39 bits per heavy atom. The molecule has 9 heteroatoms. The molecule has 3 aromatic rings. The molecule has 0 bridgehead atoms. The van der Waals surface area contributed by atoms with Crippen molar-refractivity contribution in [1.82, 2.24) is 4.90 Å². The van der Waals surface area contributed by atoms with Gasteiger partial charge in [0.2, 0.25) is 5.91 Å². The lowest BCUT2D eigenvalue weighted by Crippen LogP contribution is -2.44. The zero-order valence-electron chi connectivity index (χ0n) is 17.6. The number of nitrogens with zero attached hydrogens (tertiary/aromatic N) is 2. The van der Waals surface area contributed by atoms with E-state index in [0.29, 0.717) is 16.1 Å². The molecular formula is C24H19FN2O5S. The van der Waals surface area contributed by atoms with Crippen molar-refractivity contribution in [3.63, 3.8) is 0 Å². The number of anilines is 1. The highest BCUT2D eigenvalue weighted by Gasteiger charge is 2.44. The number of benzene rings is 2. The van der Waals surface area contributed by atoms with E-state index in [-0.39, 0.29) is 24.6 Å². The van der Waals surface area contributed by atoms with E-state index in [2.05, 4.69) is 0 Å². The number of rotatable bonds is 6. The van der Waals surface area contributed by atoms with Crippen LogP contribution in [0.4, 0.5) is 10.1 Å². The van der Waals surface area contributed by atoms with Crippen LogP contribution in [0.2, 0.25) is 0 Å². The molecule has 2 aromatic carbocycles. The quantitative estimate of drug-likeness (QED) is 0.314. The Labute approximate surface area is 193 Å². The van der Waals surface area contributed by atoms with Crippen molar-refractivity contribution in [2.45, 2.75) is 25.9 Å². The molecule has 1 saturated heterocycles. The molecule has 0 spiro atoms. The van der Waals surface area contributed by atoms with Gasteiger partial charge in [-0.2, -0.15) is 0 Å². The second-order valence-corrected chi connectivity index (χ2v) is 8.36. The van der Waals surface area contributed by atoms with E-state index < -0.39 is 29.6 Å². The van der Waals surface area contributed by atoms with Crippen molar-refractivity contribution in [2.24, 2.45) is 0 Å². The predicted octanol–water partition coefficient (Wildman–Crippen LogP) is 3.79. The van der Waals surface area contributed by atoms with Crippen molar-refractivity contribution in [3.05, 3.63) is 82.3 Å². The molecule has 0 radical (unpaired) electrons. The standard InChI is InChI=1S/C24H19FN2O5S/c1-15(28)32-19-10-8-18(9-11-19)27-22(29)13-20(23(27)30)26(24(31)21-3-2-12-33-21)14-16-4-6-17(25)7-5-16/h2-12,20H,13-14H2,1H3. The Bertz CT molecular complexity index is 1190. The van der Waals surface area contributed by atoms with Gasteiger partial charge in [-0.3, -0.25) is 19.2 Å². The van der Waals surface area contributed by atoms with E-state index in [1.54, 1.807) is 17.5 Å². The Kier molecular flexibility index (Phi) is 6.32. The van der Waals surface area contributed by atoms with Gasteiger partial charge in [-0.15, -0.1) is 11.3 Å². The van der Waals surface area contributed by atoms with Crippen LogP contribution in [0.3, 0.4) is 0 Å². The zero-order valence-corrected chi connectivity index (χ0v) is 18.4. The summed E-state index contributed by atoms with van der Waals surface area (Å²) in [5.74, 6) is -1.98. The SMILES string of the molecule is CC(=O)Oc1ccc(N2C(=O)CC(N(Cc3ccc(F)cc3)C(=O)c3cccs3)C2=O)cc1. The maximum atomic E-state index is 13.3. The predicted molar refractivity (Wildman–Crippen MR) is 119 cm³/mol. The molecule has 7 nitrogen and oxygen atoms in total. The molecule has 1 fully saturated rings. The molecule has 1 atom stereocenters. The molecule has 3 amide bonds. The summed E-state index contributed by atoms with van der Waals surface area (Å²) in [6.45, 7) is 1.31. The third-order valence-electron chi connectivity index (χ3n) is 5.11. The molecule has 4 rings (SSSR count). The summed E-state index contributed by atoms with van der Waals surface area (Å²) in [5.41, 5.74) is 0.944. The monoisotopic (exact) mass is 466 g/mol. The van der Waals surface area contributed by atoms with Crippen molar-refractivity contribution in [1.29, 1.82) is 0 Å². The molecule has 2 heterocycles. The van der Waals surface area contributed by atoms with Crippen molar-refractivity contribution < 1.29 is 28.3 Å². The molecular weight excluding hydrogens is 447 g/mol. The van der Waals surface area contributed by atoms with Crippen LogP contribution in [0.25, 0.3) is 0 Å². The highest BCUT2D eigenvalue weighted by atomic mass is 32.1. The molecule has 0 saturated carbocycles. The number of thiophene rings is 1. The molecule has 1 aliphatic heterocycles. The molecule has 1 aliphatic rings. The van der Waals surface area contributed by atoms with E-state index in [9.17, 15) is 23.6 Å². The second kappa shape index (κ2) is 9.33. The number of halogens is 1. The summed E-state index contributed by atoms with van der Waals surface area (Å²) in [5, 5.41) is 1.75. The van der Waals surface area contributed by atoms with Crippen molar-refractivity contribution in [3.8, 4) is 5.75 Å². The van der Waals surface area contributed by atoms with Crippen molar-refractivity contribution in [2.75, 3.05) is 4.90 Å². The maximum absolute atomic E-state index is 13.3. The van der Waals surface area contributed by atoms with E-state index in [4.69, 9.17) is 4.74 Å². The first-order chi connectivity index (χ1) is 15.8. The van der Waals surface area contributed by atoms with Crippen LogP contribution in [-0.4, -0.2) is 34.6 Å². The molecule has 33 heavy (non-hydrogen) atoms. The minimum absolute atomic E-state index is 0.0416. The van der Waals surface area contributed by atoms with E-state index in [1.807, 2.05) is 0 Å². The number of esters is 1. The third kappa shape index (κ3) is 4.83. The van der Waals surface area contributed by atoms with Gasteiger partial charge in [0.05, 0.1) is 17.0 Å². The van der Waals surface area contributed by atoms with E-state index >= 15 is 0 Å². The molecule has 1 aromatic heterocycles. The summed E-state index contributed by atoms with van der Waals surface area (Å²) in [7, 11) is 0. The van der Waals surface area contributed by atoms with Gasteiger partial charge in [0.25, 0.3) is 11.8 Å². The van der Waals surface area contributed by atoms with Crippen LogP contribution in [0, 0.1) is 5.82 Å². The van der Waals surface area contributed by atoms with Crippen LogP contribution in [0.5, 0.6) is 5.75 Å². The summed E-state index contributed by atoms with van der Waals surface area (Å²) in [6, 6.07) is 14.0. The van der Waals surface area contributed by atoms with Crippen LogP contribution >= 0.6 is 11.3 Å². The third-order valence-corrected chi connectivity index (χ3v) is 5.97. The fourth-order valence-electron chi connectivity index (χ4n) is 3.61. The normalized spacial score (nSPS) is 15.6. The summed E-state index contributed by atoms with van der Waals surface area (Å²) in [4.78, 5) is 53.3. The molecule has 0 aliphatic carbocycles. The largest absolute Gasteiger partial charge is 0.427 e. The van der Waals surface area contributed by atoms with Crippen LogP contribution in [0.1, 0.15) is 28.6 Å². The summed E-state index contributed by atoms with van der Waals surface area (Å²) >= 11 is 1.23. The van der Waals surface area contributed by atoms with Gasteiger partial charge in [-0.25, -0.2) is 9.29 Å². The maximum Gasteiger partial charge on any atom is 0.308 e. The Morgan fingerprint density at radius 2 is 1.79 bits per heavy atom. The first-order valence-corrected chi connectivity index (χ1v) is 11.0. The highest BCUT2D eigenvalue weighted by molar-refractivity contribution is 7.12. The van der Waals surface area contributed by atoms with Crippen molar-refractivity contribution >= 4 is 40.7 Å². The Hall–Kier alpha value is -3.85. The Morgan fingerprint density at radius 1 is 1.09 bits per heavy atom. The average molecular weight is 466 g/mol. The van der Waals surface area contributed by atoms with Crippen LogP contribution in [0.15, 0.2) is 66.0 Å². The lowest BCUT2D eigenvalue weighted by molar-refractivity contribution is -0.132. The summed E-state index contributed by atoms with van der Waals surface area (Å²) in [6.07, 6.45) is -0.178. The number of hydrogen-bond donors (Lipinski definition) is 0. The minimum Gasteiger partial charge on any atom is -0.427 e. The van der Waals surface area contributed by atoms with Gasteiger partial charge in [-0.05, 0) is 53.4 Å². The first kappa shape index (κ1) is 22.3. The number of amides is 3. The molecule has 168 valence electrons. The number of hydrogen-bond acceptors (Lipinski definition) is 6. The lowest BCUT2D eigenvalue weighted by Gasteiger charge is -2.27. The first-order valence-electron chi connectivity index (χ1n) is 10.1. The van der Waals surface area contributed by atoms with Gasteiger partial charge in [-0.1, -0.05) is 18.2 Å². The van der Waals surface area contributed by atoms with Gasteiger partial charge < -0.3 is 9.64 Å². The smallest absolute Gasteiger partial charge is 0.308 e. The number of carbonyl (C=O) groups is 4. The highest BCUT2D eigenvalue weighted by Crippen LogP contribution is 2.29. The van der Waals surface area contributed by atoms with E-state index in [0.717, 1.165) is 4.90 Å². The second-order valence-electron chi connectivity index (χ2n) is 7.41. The number of carbonyl (C=O) groups excluding carboxylic acids is 4. The molecule has 1 unspecified atom stereocenters. The summed E-state index contributed by atoms with van der Waals surface area (Å²) < 4.78 is 18.3. The Balaban J connectivity index is 1.62. The molecule has 0 N–H and O–H groups in total. The van der Waals surface area contributed by atoms with Gasteiger partial charge in [0.15, 0.2) is 0 Å². The van der Waals surface area contributed by atoms with Crippen LogP contribution in [-0.2, 0) is 20.9 Å². The number of ether oxygens (including phenoxy) is 1.